The number of fused-ring (bicyclic) bond motifs is 1. The quantitative estimate of drug-likeness (QED) is 0.520. The third-order valence-corrected chi connectivity index (χ3v) is 1.67. The topological polar surface area (TPSA) is 74.0 Å². The van der Waals surface area contributed by atoms with Crippen molar-refractivity contribution in [1.82, 2.24) is 4.98 Å². The summed E-state index contributed by atoms with van der Waals surface area (Å²) in [5.74, 6) is 0.593. The molecular weight excluding hydrogens is 158 g/mol. The molecule has 12 heavy (non-hydrogen) atoms. The number of amides is 1. The van der Waals surface area contributed by atoms with Gasteiger partial charge in [0.2, 0.25) is 5.91 Å². The highest BCUT2D eigenvalue weighted by Gasteiger charge is 2.15. The maximum Gasteiger partial charge on any atom is 0.243 e. The lowest BCUT2D eigenvalue weighted by molar-refractivity contribution is -0.114. The molecule has 2 heterocycles. The van der Waals surface area contributed by atoms with E-state index >= 15 is 0 Å². The van der Waals surface area contributed by atoms with Crippen molar-refractivity contribution in [3.05, 3.63) is 11.8 Å². The Labute approximate surface area is 68.2 Å². The van der Waals surface area contributed by atoms with E-state index in [1.807, 2.05) is 0 Å². The second-order valence-corrected chi connectivity index (χ2v) is 2.53. The molecule has 0 saturated carbocycles. The summed E-state index contributed by atoms with van der Waals surface area (Å²) in [6.07, 6.45) is 0.701. The Kier molecular flexibility index (Phi) is 1.36. The van der Waals surface area contributed by atoms with E-state index in [0.29, 0.717) is 23.5 Å². The van der Waals surface area contributed by atoms with Crippen LogP contribution in [0.4, 0.5) is 11.5 Å². The van der Waals surface area contributed by atoms with Crippen LogP contribution in [0.25, 0.3) is 0 Å². The molecule has 0 spiro atoms. The normalized spacial score (nSPS) is 14.5. The fourth-order valence-corrected chi connectivity index (χ4v) is 1.14. The predicted molar refractivity (Wildman–Crippen MR) is 43.3 cm³/mol. The summed E-state index contributed by atoms with van der Waals surface area (Å²) in [5.41, 5.74) is 1.09. The van der Waals surface area contributed by atoms with Crippen LogP contribution in [0.3, 0.4) is 0 Å². The van der Waals surface area contributed by atoms with Crippen LogP contribution in [0.15, 0.2) is 6.07 Å². The first kappa shape index (κ1) is 6.90. The third-order valence-electron chi connectivity index (χ3n) is 1.67. The van der Waals surface area contributed by atoms with Gasteiger partial charge < -0.3 is 15.6 Å². The number of H-pyrrole nitrogens is 1. The Morgan fingerprint density at radius 3 is 3.08 bits per heavy atom. The third kappa shape index (κ3) is 0.952. The number of hydrogen-bond acceptors (Lipinski definition) is 3. The number of carbonyl (C=O) groups is 2. The van der Waals surface area contributed by atoms with E-state index < -0.39 is 0 Å². The minimum absolute atomic E-state index is 0.0982. The number of aldehydes is 1. The summed E-state index contributed by atoms with van der Waals surface area (Å²) < 4.78 is 0. The van der Waals surface area contributed by atoms with E-state index in [4.69, 9.17) is 0 Å². The molecule has 5 heteroatoms. The number of hydrogen-bond donors (Lipinski definition) is 3. The molecule has 5 nitrogen and oxygen atoms in total. The standard InChI is InChI=1S/C7H7N3O2/c11-3-4-1-5-7(9-4)8-2-6(12)10-5/h1,3,8-9H,2H2,(H,10,12). The van der Waals surface area contributed by atoms with E-state index in [-0.39, 0.29) is 12.5 Å². The molecule has 0 bridgehead atoms. The molecule has 0 saturated heterocycles. The molecule has 0 radical (unpaired) electrons. The maximum absolute atomic E-state index is 10.8. The van der Waals surface area contributed by atoms with E-state index in [9.17, 15) is 9.59 Å². The van der Waals surface area contributed by atoms with Crippen LogP contribution in [0.1, 0.15) is 10.5 Å². The summed E-state index contributed by atoms with van der Waals surface area (Å²) in [4.78, 5) is 24.0. The lowest BCUT2D eigenvalue weighted by Gasteiger charge is -2.13. The molecule has 1 aromatic rings. The van der Waals surface area contributed by atoms with Crippen molar-refractivity contribution in [1.29, 1.82) is 0 Å². The average Bonchev–Trinajstić information content (AvgIpc) is 2.46. The van der Waals surface area contributed by atoms with Crippen LogP contribution in [0.2, 0.25) is 0 Å². The van der Waals surface area contributed by atoms with Gasteiger partial charge in [0.05, 0.1) is 17.9 Å². The van der Waals surface area contributed by atoms with Gasteiger partial charge >= 0.3 is 0 Å². The average molecular weight is 165 g/mol. The Balaban J connectivity index is 2.40. The summed E-state index contributed by atoms with van der Waals surface area (Å²) in [6.45, 7) is 0.242. The lowest BCUT2D eigenvalue weighted by Crippen LogP contribution is -2.26. The van der Waals surface area contributed by atoms with E-state index in [0.717, 1.165) is 0 Å². The monoisotopic (exact) mass is 165 g/mol. The second kappa shape index (κ2) is 2.37. The highest BCUT2D eigenvalue weighted by Crippen LogP contribution is 2.23. The van der Waals surface area contributed by atoms with Crippen LogP contribution in [0.5, 0.6) is 0 Å². The zero-order valence-corrected chi connectivity index (χ0v) is 6.18. The summed E-state index contributed by atoms with van der Waals surface area (Å²) >= 11 is 0. The summed E-state index contributed by atoms with van der Waals surface area (Å²) in [7, 11) is 0. The zero-order valence-electron chi connectivity index (χ0n) is 6.18. The smallest absolute Gasteiger partial charge is 0.243 e. The number of nitrogens with one attached hydrogen (secondary N) is 3. The van der Waals surface area contributed by atoms with Crippen molar-refractivity contribution < 1.29 is 9.59 Å². The van der Waals surface area contributed by atoms with Crippen molar-refractivity contribution in [2.45, 2.75) is 0 Å². The van der Waals surface area contributed by atoms with Crippen LogP contribution in [0, 0.1) is 0 Å². The van der Waals surface area contributed by atoms with Gasteiger partial charge in [-0.05, 0) is 6.07 Å². The Morgan fingerprint density at radius 2 is 2.33 bits per heavy atom. The van der Waals surface area contributed by atoms with E-state index in [1.165, 1.54) is 0 Å². The highest BCUT2D eigenvalue weighted by atomic mass is 16.2. The first-order chi connectivity index (χ1) is 5.79. The maximum atomic E-state index is 10.8. The van der Waals surface area contributed by atoms with Crippen molar-refractivity contribution in [3.63, 3.8) is 0 Å². The molecule has 0 aromatic carbocycles. The molecular formula is C7H7N3O2. The van der Waals surface area contributed by atoms with Gasteiger partial charge in [-0.1, -0.05) is 0 Å². The van der Waals surface area contributed by atoms with E-state index in [2.05, 4.69) is 15.6 Å². The number of carbonyl (C=O) groups excluding carboxylic acids is 2. The minimum atomic E-state index is -0.0982. The van der Waals surface area contributed by atoms with Gasteiger partial charge in [-0.2, -0.15) is 0 Å². The molecule has 0 aliphatic carbocycles. The fourth-order valence-electron chi connectivity index (χ4n) is 1.14. The van der Waals surface area contributed by atoms with E-state index in [1.54, 1.807) is 6.07 Å². The summed E-state index contributed by atoms with van der Waals surface area (Å²) in [5, 5.41) is 5.46. The first-order valence-corrected chi connectivity index (χ1v) is 3.51. The Bertz CT molecular complexity index is 342. The van der Waals surface area contributed by atoms with Crippen molar-refractivity contribution in [2.24, 2.45) is 0 Å². The van der Waals surface area contributed by atoms with Gasteiger partial charge in [0.1, 0.15) is 5.82 Å². The lowest BCUT2D eigenvalue weighted by atomic mass is 10.3. The number of aromatic amines is 1. The zero-order chi connectivity index (χ0) is 8.55. The molecule has 1 aliphatic heterocycles. The van der Waals surface area contributed by atoms with Gasteiger partial charge in [-0.3, -0.25) is 9.59 Å². The molecule has 0 fully saturated rings. The molecule has 0 unspecified atom stereocenters. The van der Waals surface area contributed by atoms with Crippen molar-refractivity contribution in [3.8, 4) is 0 Å². The predicted octanol–water partition coefficient (Wildman–Crippen LogP) is 0.191. The molecule has 1 aliphatic rings. The van der Waals surface area contributed by atoms with Crippen LogP contribution < -0.4 is 10.6 Å². The molecule has 0 atom stereocenters. The molecule has 1 aromatic heterocycles. The van der Waals surface area contributed by atoms with Crippen LogP contribution in [-0.2, 0) is 4.79 Å². The van der Waals surface area contributed by atoms with Crippen molar-refractivity contribution >= 4 is 23.7 Å². The van der Waals surface area contributed by atoms with Crippen LogP contribution in [-0.4, -0.2) is 23.7 Å². The van der Waals surface area contributed by atoms with Crippen LogP contribution >= 0.6 is 0 Å². The fraction of sp³-hybridized carbons (Fsp3) is 0.143. The molecule has 62 valence electrons. The molecule has 2 rings (SSSR count). The Hall–Kier alpha value is -1.78. The minimum Gasteiger partial charge on any atom is -0.361 e. The number of aromatic nitrogens is 1. The SMILES string of the molecule is O=Cc1cc2c([nH]1)NCC(=O)N2. The highest BCUT2D eigenvalue weighted by molar-refractivity contribution is 6.01. The number of rotatable bonds is 1. The van der Waals surface area contributed by atoms with Gasteiger partial charge in [-0.15, -0.1) is 0 Å². The Morgan fingerprint density at radius 1 is 1.50 bits per heavy atom. The second-order valence-electron chi connectivity index (χ2n) is 2.53. The van der Waals surface area contributed by atoms with Gasteiger partial charge in [0.15, 0.2) is 6.29 Å². The first-order valence-electron chi connectivity index (χ1n) is 3.51. The molecule has 3 N–H and O–H groups in total. The largest absolute Gasteiger partial charge is 0.361 e. The molecule has 1 amide bonds. The van der Waals surface area contributed by atoms with Gasteiger partial charge in [-0.25, -0.2) is 0 Å². The summed E-state index contributed by atoms with van der Waals surface area (Å²) in [6, 6.07) is 1.59. The number of anilines is 2. The van der Waals surface area contributed by atoms with Gasteiger partial charge in [0.25, 0.3) is 0 Å². The van der Waals surface area contributed by atoms with Gasteiger partial charge in [0, 0.05) is 0 Å². The van der Waals surface area contributed by atoms with Crippen molar-refractivity contribution in [2.75, 3.05) is 17.2 Å².